The van der Waals surface area contributed by atoms with Crippen molar-refractivity contribution >= 4 is 5.91 Å². The molecule has 1 aromatic heterocycles. The Hall–Kier alpha value is -1.90. The average molecular weight is 287 g/mol. The van der Waals surface area contributed by atoms with Crippen molar-refractivity contribution in [3.8, 4) is 11.8 Å². The number of aliphatic hydroxyl groups excluding tert-OH is 1. The van der Waals surface area contributed by atoms with Gasteiger partial charge in [0.15, 0.2) is 0 Å². The number of amides is 1. The fourth-order valence-electron chi connectivity index (χ4n) is 2.63. The first kappa shape index (κ1) is 15.5. The van der Waals surface area contributed by atoms with E-state index in [2.05, 4.69) is 16.8 Å². The van der Waals surface area contributed by atoms with Gasteiger partial charge in [-0.1, -0.05) is 11.8 Å². The van der Waals surface area contributed by atoms with E-state index in [0.29, 0.717) is 23.6 Å². The Morgan fingerprint density at radius 2 is 2.38 bits per heavy atom. The Morgan fingerprint density at radius 3 is 3.14 bits per heavy atom. The van der Waals surface area contributed by atoms with E-state index >= 15 is 0 Å². The van der Waals surface area contributed by atoms with Gasteiger partial charge in [0, 0.05) is 37.7 Å². The number of likely N-dealkylation sites (tertiary alicyclic amines) is 1. The minimum atomic E-state index is -0.0125. The summed E-state index contributed by atoms with van der Waals surface area (Å²) in [5.41, 5.74) is 6.61. The van der Waals surface area contributed by atoms with Crippen molar-refractivity contribution in [2.45, 2.75) is 19.3 Å². The predicted octanol–water partition coefficient (Wildman–Crippen LogP) is 0.626. The SMILES string of the molecule is NCC#Cc1cncc(C(=O)N2CCCC(CCO)C2)c1. The molecule has 1 fully saturated rings. The van der Waals surface area contributed by atoms with E-state index in [1.807, 2.05) is 4.90 Å². The molecule has 1 unspecified atom stereocenters. The maximum absolute atomic E-state index is 12.5. The standard InChI is InChI=1S/C16H21N3O2/c17-6-1-3-14-9-15(11-18-10-14)16(21)19-7-2-4-13(12-19)5-8-20/h9-11,13,20H,2,4-8,12,17H2. The van der Waals surface area contributed by atoms with Crippen molar-refractivity contribution in [1.82, 2.24) is 9.88 Å². The number of hydrogen-bond donors (Lipinski definition) is 2. The number of rotatable bonds is 3. The quantitative estimate of drug-likeness (QED) is 0.799. The number of piperidine rings is 1. The summed E-state index contributed by atoms with van der Waals surface area (Å²) in [6, 6.07) is 1.76. The Labute approximate surface area is 125 Å². The maximum atomic E-state index is 12.5. The van der Waals surface area contributed by atoms with E-state index in [0.717, 1.165) is 25.8 Å². The molecular weight excluding hydrogens is 266 g/mol. The lowest BCUT2D eigenvalue weighted by molar-refractivity contribution is 0.0653. The fraction of sp³-hybridized carbons (Fsp3) is 0.500. The second-order valence-electron chi connectivity index (χ2n) is 5.24. The van der Waals surface area contributed by atoms with Crippen molar-refractivity contribution in [3.05, 3.63) is 29.6 Å². The van der Waals surface area contributed by atoms with Crippen LogP contribution in [0.5, 0.6) is 0 Å². The van der Waals surface area contributed by atoms with E-state index in [4.69, 9.17) is 10.8 Å². The number of aromatic nitrogens is 1. The van der Waals surface area contributed by atoms with Gasteiger partial charge in [-0.05, 0) is 31.2 Å². The molecule has 21 heavy (non-hydrogen) atoms. The molecule has 0 saturated carbocycles. The highest BCUT2D eigenvalue weighted by Gasteiger charge is 2.24. The molecule has 0 spiro atoms. The topological polar surface area (TPSA) is 79.5 Å². The van der Waals surface area contributed by atoms with Crippen molar-refractivity contribution < 1.29 is 9.90 Å². The third kappa shape index (κ3) is 4.28. The van der Waals surface area contributed by atoms with E-state index in [9.17, 15) is 4.79 Å². The lowest BCUT2D eigenvalue weighted by Gasteiger charge is -2.32. The molecule has 0 aromatic carbocycles. The van der Waals surface area contributed by atoms with Gasteiger partial charge in [-0.3, -0.25) is 9.78 Å². The molecule has 3 N–H and O–H groups in total. The zero-order valence-corrected chi connectivity index (χ0v) is 12.1. The summed E-state index contributed by atoms with van der Waals surface area (Å²) in [4.78, 5) is 18.5. The van der Waals surface area contributed by atoms with Crippen molar-refractivity contribution in [2.24, 2.45) is 11.7 Å². The molecule has 0 radical (unpaired) electrons. The smallest absolute Gasteiger partial charge is 0.255 e. The minimum Gasteiger partial charge on any atom is -0.396 e. The summed E-state index contributed by atoms with van der Waals surface area (Å²) in [6.45, 7) is 1.93. The van der Waals surface area contributed by atoms with Gasteiger partial charge in [-0.15, -0.1) is 0 Å². The number of nitrogens with zero attached hydrogens (tertiary/aromatic N) is 2. The Balaban J connectivity index is 2.08. The van der Waals surface area contributed by atoms with Crippen LogP contribution in [0, 0.1) is 17.8 Å². The highest BCUT2D eigenvalue weighted by Crippen LogP contribution is 2.21. The fourth-order valence-corrected chi connectivity index (χ4v) is 2.63. The van der Waals surface area contributed by atoms with Crippen molar-refractivity contribution in [1.29, 1.82) is 0 Å². The van der Waals surface area contributed by atoms with Crippen LogP contribution in [0.15, 0.2) is 18.5 Å². The number of nitrogens with two attached hydrogens (primary N) is 1. The van der Waals surface area contributed by atoms with Crippen LogP contribution in [0.1, 0.15) is 35.2 Å². The number of pyridine rings is 1. The monoisotopic (exact) mass is 287 g/mol. The van der Waals surface area contributed by atoms with Gasteiger partial charge in [0.25, 0.3) is 5.91 Å². The van der Waals surface area contributed by atoms with Crippen LogP contribution in [0.25, 0.3) is 0 Å². The summed E-state index contributed by atoms with van der Waals surface area (Å²) in [7, 11) is 0. The van der Waals surface area contributed by atoms with E-state index in [1.165, 1.54) is 0 Å². The molecule has 5 nitrogen and oxygen atoms in total. The molecule has 1 aliphatic rings. The second-order valence-corrected chi connectivity index (χ2v) is 5.24. The second kappa shape index (κ2) is 7.77. The third-order valence-corrected chi connectivity index (χ3v) is 3.66. The van der Waals surface area contributed by atoms with Gasteiger partial charge < -0.3 is 15.7 Å². The molecule has 0 aliphatic carbocycles. The van der Waals surface area contributed by atoms with E-state index < -0.39 is 0 Å². The van der Waals surface area contributed by atoms with E-state index in [1.54, 1.807) is 18.5 Å². The molecule has 1 aromatic rings. The van der Waals surface area contributed by atoms with Crippen molar-refractivity contribution in [2.75, 3.05) is 26.2 Å². The van der Waals surface area contributed by atoms with Gasteiger partial charge >= 0.3 is 0 Å². The van der Waals surface area contributed by atoms with Crippen LogP contribution in [0.3, 0.4) is 0 Å². The van der Waals surface area contributed by atoms with Crippen LogP contribution < -0.4 is 5.73 Å². The first-order valence-corrected chi connectivity index (χ1v) is 7.28. The zero-order chi connectivity index (χ0) is 15.1. The summed E-state index contributed by atoms with van der Waals surface area (Å²) in [6.07, 6.45) is 6.01. The van der Waals surface area contributed by atoms with Crippen molar-refractivity contribution in [3.63, 3.8) is 0 Å². The van der Waals surface area contributed by atoms with Crippen LogP contribution >= 0.6 is 0 Å². The molecular formula is C16H21N3O2. The van der Waals surface area contributed by atoms with Crippen LogP contribution in [0.2, 0.25) is 0 Å². The highest BCUT2D eigenvalue weighted by atomic mass is 16.3. The molecule has 112 valence electrons. The van der Waals surface area contributed by atoms with Gasteiger partial charge in [-0.2, -0.15) is 0 Å². The Kier molecular flexibility index (Phi) is 5.73. The summed E-state index contributed by atoms with van der Waals surface area (Å²) < 4.78 is 0. The zero-order valence-electron chi connectivity index (χ0n) is 12.1. The number of aliphatic hydroxyl groups is 1. The molecule has 0 bridgehead atoms. The van der Waals surface area contributed by atoms with Gasteiger partial charge in [0.1, 0.15) is 0 Å². The normalized spacial score (nSPS) is 18.0. The number of carbonyl (C=O) groups is 1. The summed E-state index contributed by atoms with van der Waals surface area (Å²) in [5, 5.41) is 9.04. The molecule has 1 saturated heterocycles. The summed E-state index contributed by atoms with van der Waals surface area (Å²) >= 11 is 0. The lowest BCUT2D eigenvalue weighted by Crippen LogP contribution is -2.40. The molecule has 1 atom stereocenters. The minimum absolute atomic E-state index is 0.0125. The van der Waals surface area contributed by atoms with Gasteiger partial charge in [0.2, 0.25) is 0 Å². The van der Waals surface area contributed by atoms with Crippen LogP contribution in [-0.4, -0.2) is 47.1 Å². The largest absolute Gasteiger partial charge is 0.396 e. The number of carbonyl (C=O) groups excluding carboxylic acids is 1. The Morgan fingerprint density at radius 1 is 1.52 bits per heavy atom. The third-order valence-electron chi connectivity index (χ3n) is 3.66. The molecule has 5 heteroatoms. The average Bonchev–Trinajstić information content (AvgIpc) is 2.53. The molecule has 1 amide bonds. The maximum Gasteiger partial charge on any atom is 0.255 e. The van der Waals surface area contributed by atoms with Crippen LogP contribution in [0.4, 0.5) is 0 Å². The Bertz CT molecular complexity index is 546. The molecule has 2 rings (SSSR count). The lowest BCUT2D eigenvalue weighted by atomic mass is 9.95. The van der Waals surface area contributed by atoms with E-state index in [-0.39, 0.29) is 19.1 Å². The first-order chi connectivity index (χ1) is 10.2. The van der Waals surface area contributed by atoms with Gasteiger partial charge in [0.05, 0.1) is 12.1 Å². The van der Waals surface area contributed by atoms with Crippen LogP contribution in [-0.2, 0) is 0 Å². The summed E-state index contributed by atoms with van der Waals surface area (Å²) in [5.74, 6) is 6.03. The first-order valence-electron chi connectivity index (χ1n) is 7.28. The highest BCUT2D eigenvalue weighted by molar-refractivity contribution is 5.94. The predicted molar refractivity (Wildman–Crippen MR) is 80.5 cm³/mol. The van der Waals surface area contributed by atoms with Gasteiger partial charge in [-0.25, -0.2) is 0 Å². The number of hydrogen-bond acceptors (Lipinski definition) is 4. The molecule has 2 heterocycles. The molecule has 1 aliphatic heterocycles.